The van der Waals surface area contributed by atoms with Gasteiger partial charge in [0, 0.05) is 17.9 Å². The highest BCUT2D eigenvalue weighted by atomic mass is 16.1. The van der Waals surface area contributed by atoms with Crippen molar-refractivity contribution in [2.24, 2.45) is 11.7 Å². The van der Waals surface area contributed by atoms with Gasteiger partial charge < -0.3 is 16.4 Å². The molecular weight excluding hydrogens is 290 g/mol. The van der Waals surface area contributed by atoms with Crippen LogP contribution in [0, 0.1) is 22.7 Å². The van der Waals surface area contributed by atoms with Gasteiger partial charge >= 0.3 is 0 Å². The summed E-state index contributed by atoms with van der Waals surface area (Å²) in [7, 11) is 0. The summed E-state index contributed by atoms with van der Waals surface area (Å²) in [6.45, 7) is 0. The number of hydrogen-bond donors (Lipinski definition) is 4. The van der Waals surface area contributed by atoms with Crippen LogP contribution < -0.4 is 16.4 Å². The number of benzene rings is 1. The summed E-state index contributed by atoms with van der Waals surface area (Å²) in [5.41, 5.74) is 6.15. The van der Waals surface area contributed by atoms with Gasteiger partial charge in [0.15, 0.2) is 0 Å². The first kappa shape index (κ1) is 16.6. The van der Waals surface area contributed by atoms with E-state index in [0.717, 1.165) is 25.7 Å². The fourth-order valence-electron chi connectivity index (χ4n) is 2.67. The molecule has 1 aliphatic rings. The fourth-order valence-corrected chi connectivity index (χ4v) is 2.67. The molecule has 0 spiro atoms. The van der Waals surface area contributed by atoms with Gasteiger partial charge in [0.1, 0.15) is 5.84 Å². The third-order valence-electron chi connectivity index (χ3n) is 3.95. The summed E-state index contributed by atoms with van der Waals surface area (Å²) in [6, 6.07) is 11.4. The highest BCUT2D eigenvalue weighted by Gasteiger charge is 2.24. The number of para-hydroxylation sites is 1. The number of anilines is 1. The largest absolute Gasteiger partial charge is 0.386 e. The van der Waals surface area contributed by atoms with Crippen molar-refractivity contribution in [1.29, 1.82) is 10.7 Å². The van der Waals surface area contributed by atoms with E-state index in [-0.39, 0.29) is 23.4 Å². The molecule has 0 bridgehead atoms. The minimum Gasteiger partial charge on any atom is -0.386 e. The monoisotopic (exact) mass is 311 g/mol. The summed E-state index contributed by atoms with van der Waals surface area (Å²) < 4.78 is 0. The zero-order valence-electron chi connectivity index (χ0n) is 12.9. The lowest BCUT2D eigenvalue weighted by molar-refractivity contribution is -0.114. The quantitative estimate of drug-likeness (QED) is 0.379. The lowest BCUT2D eigenvalue weighted by Crippen LogP contribution is -2.36. The molecule has 1 aliphatic carbocycles. The first-order valence-corrected chi connectivity index (χ1v) is 7.68. The third kappa shape index (κ3) is 4.58. The number of primary amides is 1. The standard InChI is InChI=1S/C17H21N5O/c18-10-12-6-4-5-9-15(12)21-11-14(17(20)23)16(19)22-13-7-2-1-3-8-13/h1-3,7-8,11-12,15,21H,4-6,9H2,(H2,19,22)(H2,20,23)/b14-11+/t12?,15-/m0/s1. The van der Waals surface area contributed by atoms with Gasteiger partial charge in [-0.05, 0) is 25.0 Å². The molecule has 2 atom stereocenters. The number of amides is 1. The highest BCUT2D eigenvalue weighted by Crippen LogP contribution is 2.23. The molecule has 2 rings (SSSR count). The molecule has 23 heavy (non-hydrogen) atoms. The molecule has 1 aromatic rings. The molecule has 0 heterocycles. The van der Waals surface area contributed by atoms with E-state index in [4.69, 9.17) is 11.1 Å². The van der Waals surface area contributed by atoms with Crippen molar-refractivity contribution in [2.45, 2.75) is 31.7 Å². The van der Waals surface area contributed by atoms with Gasteiger partial charge in [-0.25, -0.2) is 0 Å². The van der Waals surface area contributed by atoms with Crippen molar-refractivity contribution >= 4 is 17.4 Å². The second-order valence-electron chi connectivity index (χ2n) is 5.58. The zero-order valence-corrected chi connectivity index (χ0v) is 12.9. The maximum absolute atomic E-state index is 11.6. The van der Waals surface area contributed by atoms with Crippen molar-refractivity contribution in [1.82, 2.24) is 5.32 Å². The van der Waals surface area contributed by atoms with E-state index in [9.17, 15) is 10.1 Å². The Hall–Kier alpha value is -2.81. The number of carbonyl (C=O) groups is 1. The van der Waals surface area contributed by atoms with Crippen LogP contribution in [0.1, 0.15) is 25.7 Å². The zero-order chi connectivity index (χ0) is 16.7. The number of rotatable bonds is 5. The van der Waals surface area contributed by atoms with Crippen LogP contribution in [-0.4, -0.2) is 17.8 Å². The van der Waals surface area contributed by atoms with Crippen LogP contribution in [0.3, 0.4) is 0 Å². The highest BCUT2D eigenvalue weighted by molar-refractivity contribution is 6.23. The van der Waals surface area contributed by atoms with Crippen LogP contribution in [-0.2, 0) is 4.79 Å². The van der Waals surface area contributed by atoms with E-state index in [0.29, 0.717) is 5.69 Å². The Balaban J connectivity index is 2.06. The van der Waals surface area contributed by atoms with Gasteiger partial charge in [0.05, 0.1) is 17.6 Å². The summed E-state index contributed by atoms with van der Waals surface area (Å²) in [4.78, 5) is 11.6. The molecule has 5 N–H and O–H groups in total. The van der Waals surface area contributed by atoms with E-state index >= 15 is 0 Å². The van der Waals surface area contributed by atoms with Crippen LogP contribution in [0.25, 0.3) is 0 Å². The lowest BCUT2D eigenvalue weighted by atomic mass is 9.85. The second-order valence-corrected chi connectivity index (χ2v) is 5.58. The topological polar surface area (TPSA) is 115 Å². The van der Waals surface area contributed by atoms with Crippen molar-refractivity contribution < 1.29 is 4.79 Å². The number of nitrogens with zero attached hydrogens (tertiary/aromatic N) is 1. The fraction of sp³-hybridized carbons (Fsp3) is 0.353. The number of carbonyl (C=O) groups excluding carboxylic acids is 1. The van der Waals surface area contributed by atoms with Crippen LogP contribution in [0.4, 0.5) is 5.69 Å². The Kier molecular flexibility index (Phi) is 5.75. The summed E-state index contributed by atoms with van der Waals surface area (Å²) >= 11 is 0. The summed E-state index contributed by atoms with van der Waals surface area (Å²) in [5, 5.41) is 23.2. The molecule has 120 valence electrons. The van der Waals surface area contributed by atoms with Crippen molar-refractivity contribution in [3.8, 4) is 6.07 Å². The van der Waals surface area contributed by atoms with E-state index < -0.39 is 5.91 Å². The molecule has 1 saturated carbocycles. The van der Waals surface area contributed by atoms with Gasteiger partial charge in [-0.1, -0.05) is 31.0 Å². The van der Waals surface area contributed by atoms with Crippen molar-refractivity contribution in [3.05, 3.63) is 42.1 Å². The smallest absolute Gasteiger partial charge is 0.253 e. The van der Waals surface area contributed by atoms with Crippen LogP contribution in [0.2, 0.25) is 0 Å². The number of nitrogens with one attached hydrogen (secondary N) is 3. The lowest BCUT2D eigenvalue weighted by Gasteiger charge is -2.27. The first-order valence-electron chi connectivity index (χ1n) is 7.68. The number of amidine groups is 1. The maximum atomic E-state index is 11.6. The second kappa shape index (κ2) is 7.99. The van der Waals surface area contributed by atoms with E-state index in [1.807, 2.05) is 18.2 Å². The van der Waals surface area contributed by atoms with Gasteiger partial charge in [-0.2, -0.15) is 5.26 Å². The maximum Gasteiger partial charge on any atom is 0.253 e. The number of nitriles is 1. The van der Waals surface area contributed by atoms with Crippen molar-refractivity contribution in [3.63, 3.8) is 0 Å². The average Bonchev–Trinajstić information content (AvgIpc) is 2.56. The minimum absolute atomic E-state index is 0.00683. The molecule has 1 unspecified atom stereocenters. The molecule has 0 aromatic heterocycles. The molecule has 1 aromatic carbocycles. The Morgan fingerprint density at radius 2 is 2.00 bits per heavy atom. The SMILES string of the molecule is N#CC1CCCC[C@@H]1N/C=C(\C(=N)Nc1ccccc1)C(N)=O. The Labute approximate surface area is 135 Å². The number of nitrogens with two attached hydrogens (primary N) is 1. The third-order valence-corrected chi connectivity index (χ3v) is 3.95. The molecule has 0 radical (unpaired) electrons. The Morgan fingerprint density at radius 3 is 2.65 bits per heavy atom. The first-order chi connectivity index (χ1) is 11.1. The van der Waals surface area contributed by atoms with Crippen LogP contribution in [0.15, 0.2) is 42.1 Å². The normalized spacial score (nSPS) is 21.1. The molecule has 0 aliphatic heterocycles. The minimum atomic E-state index is -0.685. The predicted molar refractivity (Wildman–Crippen MR) is 89.6 cm³/mol. The van der Waals surface area contributed by atoms with Crippen molar-refractivity contribution in [2.75, 3.05) is 5.32 Å². The molecule has 1 fully saturated rings. The van der Waals surface area contributed by atoms with Crippen LogP contribution in [0.5, 0.6) is 0 Å². The average molecular weight is 311 g/mol. The summed E-state index contributed by atoms with van der Waals surface area (Å²) in [5.74, 6) is -0.832. The van der Waals surface area contributed by atoms with Gasteiger partial charge in [0.2, 0.25) is 0 Å². The Bertz CT molecular complexity index is 632. The molecule has 6 heteroatoms. The van der Waals surface area contributed by atoms with E-state index in [1.54, 1.807) is 12.1 Å². The summed E-state index contributed by atoms with van der Waals surface area (Å²) in [6.07, 6.45) is 5.29. The van der Waals surface area contributed by atoms with E-state index in [1.165, 1.54) is 6.20 Å². The molecule has 0 saturated heterocycles. The molecular formula is C17H21N5O. The van der Waals surface area contributed by atoms with E-state index in [2.05, 4.69) is 16.7 Å². The molecule has 1 amide bonds. The van der Waals surface area contributed by atoms with Gasteiger partial charge in [-0.3, -0.25) is 10.2 Å². The predicted octanol–water partition coefficient (Wildman–Crippen LogP) is 2.12. The number of hydrogen-bond acceptors (Lipinski definition) is 4. The van der Waals surface area contributed by atoms with Crippen LogP contribution >= 0.6 is 0 Å². The molecule has 6 nitrogen and oxygen atoms in total. The van der Waals surface area contributed by atoms with Gasteiger partial charge in [-0.15, -0.1) is 0 Å². The Morgan fingerprint density at radius 1 is 1.30 bits per heavy atom. The van der Waals surface area contributed by atoms with Gasteiger partial charge in [0.25, 0.3) is 5.91 Å².